The Hall–Kier alpha value is -4.05. The van der Waals surface area contributed by atoms with E-state index in [1.807, 2.05) is 0 Å². The molecule has 2 heterocycles. The molecule has 0 atom stereocenters. The predicted molar refractivity (Wildman–Crippen MR) is 115 cm³/mol. The number of nitro groups is 1. The summed E-state index contributed by atoms with van der Waals surface area (Å²) >= 11 is 6.06. The Morgan fingerprint density at radius 1 is 1.23 bits per heavy atom. The van der Waals surface area contributed by atoms with E-state index >= 15 is 0 Å². The molecule has 0 spiro atoms. The van der Waals surface area contributed by atoms with Gasteiger partial charge < -0.3 is 5.32 Å². The third kappa shape index (κ3) is 4.01. The molecule has 4 rings (SSSR count). The zero-order valence-corrected chi connectivity index (χ0v) is 16.9. The first-order chi connectivity index (χ1) is 14.8. The second kappa shape index (κ2) is 8.00. The van der Waals surface area contributed by atoms with Crippen LogP contribution in [-0.4, -0.2) is 30.4 Å². The Bertz CT molecular complexity index is 1390. The van der Waals surface area contributed by atoms with E-state index in [9.17, 15) is 19.7 Å². The number of hydrogen-bond donors (Lipinski definition) is 1. The van der Waals surface area contributed by atoms with E-state index in [0.29, 0.717) is 21.8 Å². The molecule has 0 radical (unpaired) electrons. The molecule has 0 aliphatic carbocycles. The summed E-state index contributed by atoms with van der Waals surface area (Å²) in [5.41, 5.74) is 0.957. The van der Waals surface area contributed by atoms with Crippen molar-refractivity contribution in [1.29, 1.82) is 0 Å². The van der Waals surface area contributed by atoms with E-state index in [4.69, 9.17) is 11.6 Å². The minimum atomic E-state index is -0.560. The number of rotatable bonds is 5. The van der Waals surface area contributed by atoms with Gasteiger partial charge in [0, 0.05) is 28.2 Å². The van der Waals surface area contributed by atoms with E-state index in [2.05, 4.69) is 15.5 Å². The van der Waals surface area contributed by atoms with Crippen LogP contribution in [0.15, 0.2) is 59.5 Å². The number of nitrogens with zero attached hydrogens (tertiary/aromatic N) is 5. The highest BCUT2D eigenvalue weighted by molar-refractivity contribution is 6.30. The molecule has 1 N–H and O–H groups in total. The van der Waals surface area contributed by atoms with Crippen LogP contribution in [0.3, 0.4) is 0 Å². The maximum atomic E-state index is 13.1. The topological polar surface area (TPSA) is 125 Å². The number of halogens is 1. The Morgan fingerprint density at radius 2 is 2.00 bits per heavy atom. The molecule has 0 saturated carbocycles. The van der Waals surface area contributed by atoms with Gasteiger partial charge in [-0.2, -0.15) is 10.2 Å². The molecular weight excluding hydrogens is 424 g/mol. The number of nitrogens with one attached hydrogen (secondary N) is 1. The SMILES string of the molecule is Cc1nn(CC(=O)Nc2cccc([N+](=O)[O-])c2)c(=O)c2c1cnn2-c1cccc(Cl)c1. The van der Waals surface area contributed by atoms with Crippen molar-refractivity contribution in [3.63, 3.8) is 0 Å². The van der Waals surface area contributed by atoms with Gasteiger partial charge in [-0.1, -0.05) is 23.7 Å². The number of carbonyl (C=O) groups excluding carboxylic acids is 1. The van der Waals surface area contributed by atoms with Crippen LogP contribution in [0.4, 0.5) is 11.4 Å². The standard InChI is InChI=1S/C20H15ClN6O4/c1-12-17-10-22-26(15-6-2-4-13(21)8-15)19(17)20(29)25(24-12)11-18(28)23-14-5-3-7-16(9-14)27(30)31/h2-10H,11H2,1H3,(H,23,28). The number of aromatic nitrogens is 4. The minimum absolute atomic E-state index is 0.157. The lowest BCUT2D eigenvalue weighted by Crippen LogP contribution is -2.31. The fourth-order valence-electron chi connectivity index (χ4n) is 3.17. The van der Waals surface area contributed by atoms with E-state index in [1.54, 1.807) is 31.2 Å². The van der Waals surface area contributed by atoms with Crippen molar-refractivity contribution >= 4 is 39.8 Å². The lowest BCUT2D eigenvalue weighted by Gasteiger charge is -2.09. The summed E-state index contributed by atoms with van der Waals surface area (Å²) in [6, 6.07) is 12.4. The second-order valence-corrected chi connectivity index (χ2v) is 7.14. The molecule has 31 heavy (non-hydrogen) atoms. The van der Waals surface area contributed by atoms with Gasteiger partial charge in [-0.05, 0) is 31.2 Å². The van der Waals surface area contributed by atoms with Gasteiger partial charge in [0.05, 0.1) is 22.5 Å². The third-order valence-electron chi connectivity index (χ3n) is 4.55. The van der Waals surface area contributed by atoms with Gasteiger partial charge in [-0.25, -0.2) is 9.36 Å². The normalized spacial score (nSPS) is 10.9. The molecule has 0 unspecified atom stereocenters. The van der Waals surface area contributed by atoms with E-state index in [1.165, 1.54) is 35.1 Å². The molecule has 0 aliphatic rings. The Labute approximate surface area is 179 Å². The summed E-state index contributed by atoms with van der Waals surface area (Å²) < 4.78 is 2.49. The van der Waals surface area contributed by atoms with Gasteiger partial charge in [0.15, 0.2) is 0 Å². The highest BCUT2D eigenvalue weighted by Crippen LogP contribution is 2.20. The highest BCUT2D eigenvalue weighted by atomic mass is 35.5. The predicted octanol–water partition coefficient (Wildman–Crippen LogP) is 3.09. The van der Waals surface area contributed by atoms with Crippen LogP contribution in [0.25, 0.3) is 16.6 Å². The molecular formula is C20H15ClN6O4. The molecule has 156 valence electrons. The molecule has 0 bridgehead atoms. The van der Waals surface area contributed by atoms with Crippen LogP contribution >= 0.6 is 11.6 Å². The fraction of sp³-hybridized carbons (Fsp3) is 0.100. The van der Waals surface area contributed by atoms with Crippen LogP contribution in [0.1, 0.15) is 5.69 Å². The average Bonchev–Trinajstić information content (AvgIpc) is 3.18. The fourth-order valence-corrected chi connectivity index (χ4v) is 3.35. The number of carbonyl (C=O) groups is 1. The van der Waals surface area contributed by atoms with E-state index in [-0.39, 0.29) is 23.4 Å². The summed E-state index contributed by atoms with van der Waals surface area (Å²) in [5, 5.41) is 23.0. The van der Waals surface area contributed by atoms with Crippen molar-refractivity contribution in [3.8, 4) is 5.69 Å². The number of aryl methyl sites for hydroxylation is 1. The number of amides is 1. The van der Waals surface area contributed by atoms with Gasteiger partial charge in [-0.3, -0.25) is 19.7 Å². The molecule has 0 saturated heterocycles. The number of benzene rings is 2. The molecule has 10 nitrogen and oxygen atoms in total. The number of hydrogen-bond acceptors (Lipinski definition) is 6. The minimum Gasteiger partial charge on any atom is -0.324 e. The largest absolute Gasteiger partial charge is 0.324 e. The maximum absolute atomic E-state index is 13.1. The Balaban J connectivity index is 1.68. The van der Waals surface area contributed by atoms with Gasteiger partial charge in [-0.15, -0.1) is 0 Å². The summed E-state index contributed by atoms with van der Waals surface area (Å²) in [6.07, 6.45) is 1.54. The zero-order valence-electron chi connectivity index (χ0n) is 16.2. The van der Waals surface area contributed by atoms with Gasteiger partial charge in [0.1, 0.15) is 12.1 Å². The molecule has 11 heteroatoms. The van der Waals surface area contributed by atoms with Crippen molar-refractivity contribution in [2.75, 3.05) is 5.32 Å². The zero-order chi connectivity index (χ0) is 22.1. The lowest BCUT2D eigenvalue weighted by molar-refractivity contribution is -0.384. The first-order valence-corrected chi connectivity index (χ1v) is 9.47. The van der Waals surface area contributed by atoms with E-state index < -0.39 is 16.4 Å². The van der Waals surface area contributed by atoms with Crippen LogP contribution in [0.5, 0.6) is 0 Å². The lowest BCUT2D eigenvalue weighted by atomic mass is 10.2. The van der Waals surface area contributed by atoms with Crippen molar-refractivity contribution in [1.82, 2.24) is 19.6 Å². The second-order valence-electron chi connectivity index (χ2n) is 6.70. The van der Waals surface area contributed by atoms with Crippen LogP contribution in [-0.2, 0) is 11.3 Å². The smallest absolute Gasteiger partial charge is 0.293 e. The first-order valence-electron chi connectivity index (χ1n) is 9.09. The van der Waals surface area contributed by atoms with Gasteiger partial charge in [0.25, 0.3) is 11.2 Å². The summed E-state index contributed by atoms with van der Waals surface area (Å²) in [7, 11) is 0. The monoisotopic (exact) mass is 438 g/mol. The third-order valence-corrected chi connectivity index (χ3v) is 4.79. The summed E-state index contributed by atoms with van der Waals surface area (Å²) in [5.74, 6) is -0.553. The maximum Gasteiger partial charge on any atom is 0.293 e. The number of non-ortho nitro benzene ring substituents is 1. The number of anilines is 1. The molecule has 2 aromatic carbocycles. The molecule has 0 fully saturated rings. The average molecular weight is 439 g/mol. The van der Waals surface area contributed by atoms with Crippen molar-refractivity contribution in [2.45, 2.75) is 13.5 Å². The van der Waals surface area contributed by atoms with Crippen molar-refractivity contribution in [2.24, 2.45) is 0 Å². The quantitative estimate of drug-likeness (QED) is 0.377. The van der Waals surface area contributed by atoms with Crippen molar-refractivity contribution < 1.29 is 9.72 Å². The Morgan fingerprint density at radius 3 is 2.74 bits per heavy atom. The van der Waals surface area contributed by atoms with Gasteiger partial charge >= 0.3 is 0 Å². The molecule has 1 amide bonds. The number of nitro benzene ring substituents is 1. The van der Waals surface area contributed by atoms with Crippen molar-refractivity contribution in [3.05, 3.63) is 85.9 Å². The molecule has 2 aromatic heterocycles. The van der Waals surface area contributed by atoms with Gasteiger partial charge in [0.2, 0.25) is 5.91 Å². The summed E-state index contributed by atoms with van der Waals surface area (Å²) in [4.78, 5) is 35.9. The van der Waals surface area contributed by atoms with E-state index in [0.717, 1.165) is 4.68 Å². The van der Waals surface area contributed by atoms with Crippen LogP contribution in [0, 0.1) is 17.0 Å². The molecule has 0 aliphatic heterocycles. The van der Waals surface area contributed by atoms with Crippen LogP contribution < -0.4 is 10.9 Å². The Kier molecular flexibility index (Phi) is 5.22. The molecule has 4 aromatic rings. The first kappa shape index (κ1) is 20.2. The van der Waals surface area contributed by atoms with Crippen LogP contribution in [0.2, 0.25) is 5.02 Å². The summed E-state index contributed by atoms with van der Waals surface area (Å²) in [6.45, 7) is 1.33. The highest BCUT2D eigenvalue weighted by Gasteiger charge is 2.17. The number of fused-ring (bicyclic) bond motifs is 1.